The first-order valence-electron chi connectivity index (χ1n) is 14.6. The van der Waals surface area contributed by atoms with Gasteiger partial charge in [-0.1, -0.05) is 24.3 Å². The Labute approximate surface area is 233 Å². The fourth-order valence-electron chi connectivity index (χ4n) is 8.11. The zero-order valence-corrected chi connectivity index (χ0v) is 22.4. The first-order chi connectivity index (χ1) is 19.5. The standard InChI is InChI=1S/C32H33N3O5/c36-29(33-15-19-6-9-26-27(13-19)40-18-39-26)20-3-2-12-34(16-20)25-5-1-4-23-28(25)31(38)35(30(23)37)17-21-14-22-7-8-24(21)32(22)10-11-32/h1,4-9,13,20-22,24H,2-3,10-12,14-18H2,(H,33,36). The molecule has 2 aromatic rings. The van der Waals surface area contributed by atoms with Crippen molar-refractivity contribution in [3.05, 3.63) is 65.2 Å². The van der Waals surface area contributed by atoms with Crippen molar-refractivity contribution in [3.63, 3.8) is 0 Å². The highest BCUT2D eigenvalue weighted by molar-refractivity contribution is 6.23. The Kier molecular flexibility index (Phi) is 5.31. The van der Waals surface area contributed by atoms with Crippen LogP contribution in [-0.2, 0) is 11.3 Å². The van der Waals surface area contributed by atoms with E-state index in [4.69, 9.17) is 9.47 Å². The normalized spacial score (nSPS) is 28.5. The summed E-state index contributed by atoms with van der Waals surface area (Å²) in [5.74, 6) is 2.35. The summed E-state index contributed by atoms with van der Waals surface area (Å²) < 4.78 is 10.8. The van der Waals surface area contributed by atoms with Gasteiger partial charge in [0.05, 0.1) is 22.7 Å². The van der Waals surface area contributed by atoms with Crippen LogP contribution in [0.25, 0.3) is 0 Å². The maximum absolute atomic E-state index is 13.8. The van der Waals surface area contributed by atoms with E-state index >= 15 is 0 Å². The maximum atomic E-state index is 13.8. The molecular weight excluding hydrogens is 506 g/mol. The first-order valence-corrected chi connectivity index (χ1v) is 14.6. The number of imide groups is 1. The lowest BCUT2D eigenvalue weighted by atomic mass is 9.88. The number of hydrogen-bond acceptors (Lipinski definition) is 6. The molecule has 2 saturated carbocycles. The second kappa shape index (κ2) is 8.85. The van der Waals surface area contributed by atoms with Crippen LogP contribution in [0.4, 0.5) is 5.69 Å². The minimum absolute atomic E-state index is 0.00248. The molecule has 2 bridgehead atoms. The number of allylic oxidation sites excluding steroid dienone is 2. The molecule has 8 nitrogen and oxygen atoms in total. The zero-order chi connectivity index (χ0) is 27.0. The molecule has 8 rings (SSSR count). The number of hydrogen-bond donors (Lipinski definition) is 1. The van der Waals surface area contributed by atoms with Crippen molar-refractivity contribution >= 4 is 23.4 Å². The SMILES string of the molecule is O=C(NCc1ccc2c(c1)OCO2)C1CCCN(c2cccc3c2C(=O)N(CC2CC4C=CC2C42CC2)C3=O)C1. The van der Waals surface area contributed by atoms with Crippen molar-refractivity contribution in [3.8, 4) is 11.5 Å². The lowest BCUT2D eigenvalue weighted by molar-refractivity contribution is -0.125. The Morgan fingerprint density at radius 2 is 1.93 bits per heavy atom. The molecule has 8 heteroatoms. The van der Waals surface area contributed by atoms with Crippen molar-refractivity contribution in [2.45, 2.75) is 38.6 Å². The van der Waals surface area contributed by atoms with E-state index in [9.17, 15) is 14.4 Å². The average molecular weight is 540 g/mol. The summed E-state index contributed by atoms with van der Waals surface area (Å²) in [7, 11) is 0. The number of fused-ring (bicyclic) bond motifs is 2. The molecular formula is C32H33N3O5. The predicted octanol–water partition coefficient (Wildman–Crippen LogP) is 4.15. The largest absolute Gasteiger partial charge is 0.454 e. The molecule has 4 unspecified atom stereocenters. The van der Waals surface area contributed by atoms with Crippen molar-refractivity contribution in [1.82, 2.24) is 10.2 Å². The summed E-state index contributed by atoms with van der Waals surface area (Å²) in [6.07, 6.45) is 9.98. The monoisotopic (exact) mass is 539 g/mol. The summed E-state index contributed by atoms with van der Waals surface area (Å²) in [4.78, 5) is 44.0. The van der Waals surface area contributed by atoms with Gasteiger partial charge in [0.15, 0.2) is 11.5 Å². The van der Waals surface area contributed by atoms with Crippen LogP contribution in [0.2, 0.25) is 0 Å². The van der Waals surface area contributed by atoms with Crippen LogP contribution in [0.5, 0.6) is 11.5 Å². The lowest BCUT2D eigenvalue weighted by Gasteiger charge is -2.34. The molecule has 1 spiro atoms. The Balaban J connectivity index is 0.959. The molecule has 2 aromatic carbocycles. The predicted molar refractivity (Wildman–Crippen MR) is 147 cm³/mol. The van der Waals surface area contributed by atoms with Crippen LogP contribution in [0.1, 0.15) is 58.4 Å². The summed E-state index contributed by atoms with van der Waals surface area (Å²) in [6, 6.07) is 11.3. The number of piperidine rings is 1. The third kappa shape index (κ3) is 3.61. The molecule has 4 atom stereocenters. The van der Waals surface area contributed by atoms with E-state index in [2.05, 4.69) is 22.4 Å². The molecule has 206 valence electrons. The number of nitrogens with one attached hydrogen (secondary N) is 1. The first kappa shape index (κ1) is 24.0. The Bertz CT molecular complexity index is 1460. The Hall–Kier alpha value is -3.81. The van der Waals surface area contributed by atoms with E-state index in [-0.39, 0.29) is 30.4 Å². The molecule has 3 aliphatic carbocycles. The molecule has 3 amide bonds. The van der Waals surface area contributed by atoms with Gasteiger partial charge in [0.25, 0.3) is 11.8 Å². The second-order valence-corrected chi connectivity index (χ2v) is 12.4. The third-order valence-corrected chi connectivity index (χ3v) is 10.3. The number of carbonyl (C=O) groups excluding carboxylic acids is 3. The van der Waals surface area contributed by atoms with Crippen LogP contribution >= 0.6 is 0 Å². The van der Waals surface area contributed by atoms with Gasteiger partial charge in [0.1, 0.15) is 0 Å². The molecule has 0 radical (unpaired) electrons. The molecule has 40 heavy (non-hydrogen) atoms. The van der Waals surface area contributed by atoms with Crippen LogP contribution < -0.4 is 19.7 Å². The smallest absolute Gasteiger partial charge is 0.263 e. The van der Waals surface area contributed by atoms with Crippen LogP contribution in [0.3, 0.4) is 0 Å². The van der Waals surface area contributed by atoms with Crippen molar-refractivity contribution in [2.24, 2.45) is 29.1 Å². The van der Waals surface area contributed by atoms with Crippen molar-refractivity contribution in [1.29, 1.82) is 0 Å². The van der Waals surface area contributed by atoms with Gasteiger partial charge < -0.3 is 19.7 Å². The van der Waals surface area contributed by atoms with E-state index in [1.165, 1.54) is 17.7 Å². The number of ether oxygens (including phenoxy) is 2. The summed E-state index contributed by atoms with van der Waals surface area (Å²) >= 11 is 0. The summed E-state index contributed by atoms with van der Waals surface area (Å²) in [5, 5.41) is 3.08. The van der Waals surface area contributed by atoms with E-state index in [1.54, 1.807) is 6.07 Å². The molecule has 3 heterocycles. The fraction of sp³-hybridized carbons (Fsp3) is 0.469. The summed E-state index contributed by atoms with van der Waals surface area (Å²) in [6.45, 7) is 2.41. The molecule has 0 aromatic heterocycles. The van der Waals surface area contributed by atoms with E-state index in [1.807, 2.05) is 30.3 Å². The van der Waals surface area contributed by atoms with Gasteiger partial charge in [0, 0.05) is 26.2 Å². The van der Waals surface area contributed by atoms with E-state index in [0.29, 0.717) is 59.7 Å². The van der Waals surface area contributed by atoms with E-state index < -0.39 is 0 Å². The molecule has 1 saturated heterocycles. The maximum Gasteiger partial charge on any atom is 0.263 e. The molecule has 3 aliphatic heterocycles. The molecule has 3 fully saturated rings. The highest BCUT2D eigenvalue weighted by Crippen LogP contribution is 2.70. The molecule has 6 aliphatic rings. The third-order valence-electron chi connectivity index (χ3n) is 10.3. The average Bonchev–Trinajstić information content (AvgIpc) is 3.28. The number of nitrogens with zero attached hydrogens (tertiary/aromatic N) is 2. The minimum atomic E-state index is -0.197. The second-order valence-electron chi connectivity index (χ2n) is 12.4. The van der Waals surface area contributed by atoms with Gasteiger partial charge >= 0.3 is 0 Å². The topological polar surface area (TPSA) is 88.2 Å². The highest BCUT2D eigenvalue weighted by Gasteiger charge is 2.63. The quantitative estimate of drug-likeness (QED) is 0.439. The number of benzene rings is 2. The van der Waals surface area contributed by atoms with Gasteiger partial charge in [-0.15, -0.1) is 0 Å². The van der Waals surface area contributed by atoms with Crippen LogP contribution in [0.15, 0.2) is 48.6 Å². The number of rotatable bonds is 6. The van der Waals surface area contributed by atoms with Crippen molar-refractivity contribution in [2.75, 3.05) is 31.3 Å². The zero-order valence-electron chi connectivity index (χ0n) is 22.4. The van der Waals surface area contributed by atoms with Gasteiger partial charge in [-0.05, 0) is 85.1 Å². The van der Waals surface area contributed by atoms with Gasteiger partial charge in [-0.3, -0.25) is 19.3 Å². The number of amides is 3. The Morgan fingerprint density at radius 1 is 1.05 bits per heavy atom. The lowest BCUT2D eigenvalue weighted by Crippen LogP contribution is -2.43. The molecule has 1 N–H and O–H groups in total. The number of carbonyl (C=O) groups is 3. The van der Waals surface area contributed by atoms with Crippen LogP contribution in [0, 0.1) is 29.1 Å². The van der Waals surface area contributed by atoms with Gasteiger partial charge in [-0.25, -0.2) is 0 Å². The van der Waals surface area contributed by atoms with E-state index in [0.717, 1.165) is 42.8 Å². The highest BCUT2D eigenvalue weighted by atomic mass is 16.7. The minimum Gasteiger partial charge on any atom is -0.454 e. The Morgan fingerprint density at radius 3 is 2.77 bits per heavy atom. The van der Waals surface area contributed by atoms with Gasteiger partial charge in [0.2, 0.25) is 12.7 Å². The van der Waals surface area contributed by atoms with Crippen LogP contribution in [-0.4, -0.2) is 49.0 Å². The number of anilines is 1. The van der Waals surface area contributed by atoms with Gasteiger partial charge in [-0.2, -0.15) is 0 Å². The summed E-state index contributed by atoms with van der Waals surface area (Å²) in [5.41, 5.74) is 3.16. The fourth-order valence-corrected chi connectivity index (χ4v) is 8.11. The van der Waals surface area contributed by atoms with Crippen molar-refractivity contribution < 1.29 is 23.9 Å².